The van der Waals surface area contributed by atoms with Gasteiger partial charge in [0.15, 0.2) is 0 Å². The summed E-state index contributed by atoms with van der Waals surface area (Å²) in [5, 5.41) is 3.58. The molecule has 0 aliphatic rings. The van der Waals surface area contributed by atoms with Crippen molar-refractivity contribution in [1.82, 2.24) is 10.2 Å². The first kappa shape index (κ1) is 24.6. The van der Waals surface area contributed by atoms with Crippen LogP contribution in [0, 0.1) is 0 Å². The van der Waals surface area contributed by atoms with E-state index < -0.39 is 6.04 Å². The maximum absolute atomic E-state index is 13.4. The topological polar surface area (TPSA) is 58.6 Å². The van der Waals surface area contributed by atoms with Crippen molar-refractivity contribution in [3.8, 4) is 5.75 Å². The first-order valence-corrected chi connectivity index (χ1v) is 11.5. The van der Waals surface area contributed by atoms with Gasteiger partial charge in [0.2, 0.25) is 11.8 Å². The lowest BCUT2D eigenvalue weighted by atomic mass is 10.0. The molecule has 172 valence electrons. The Hall–Kier alpha value is -3.02. The van der Waals surface area contributed by atoms with Gasteiger partial charge in [-0.1, -0.05) is 66.2 Å². The molecule has 0 aromatic heterocycles. The lowest BCUT2D eigenvalue weighted by molar-refractivity contribution is -0.139. The number of benzene rings is 3. The van der Waals surface area contributed by atoms with Gasteiger partial charge in [-0.25, -0.2) is 0 Å². The van der Waals surface area contributed by atoms with Crippen molar-refractivity contribution in [2.75, 3.05) is 19.5 Å². The second-order valence-corrected chi connectivity index (χ2v) is 8.19. The van der Waals surface area contributed by atoms with Crippen LogP contribution in [0.2, 0.25) is 5.02 Å². The number of methoxy groups -OCH3 is 1. The molecule has 0 unspecified atom stereocenters. The predicted molar refractivity (Wildman–Crippen MR) is 132 cm³/mol. The summed E-state index contributed by atoms with van der Waals surface area (Å²) in [5.74, 6) is -0.193. The molecule has 7 heteroatoms. The highest BCUT2D eigenvalue weighted by atomic mass is 35.5. The quantitative estimate of drug-likeness (QED) is 0.411. The molecular weight excluding hydrogens is 459 g/mol. The van der Waals surface area contributed by atoms with Crippen LogP contribution in [-0.4, -0.2) is 36.2 Å². The molecular formula is C26H26Cl2N2O3. The van der Waals surface area contributed by atoms with Gasteiger partial charge < -0.3 is 15.0 Å². The summed E-state index contributed by atoms with van der Waals surface area (Å²) >= 11 is 11.9. The van der Waals surface area contributed by atoms with Gasteiger partial charge >= 0.3 is 0 Å². The summed E-state index contributed by atoms with van der Waals surface area (Å²) in [6, 6.07) is 23.3. The summed E-state index contributed by atoms with van der Waals surface area (Å²) in [6.07, 6.45) is 0.683. The third-order valence-electron chi connectivity index (χ3n) is 5.25. The standard InChI is InChI=1S/C26H26Cl2N2O3/c1-33-23-13-9-21(10-14-23)25(26(32)29-16-15-19-5-3-2-4-6-19)30(24(31)17-27)18-20-7-11-22(28)12-8-20/h2-14,25H,15-18H2,1H3,(H,29,32)/t25-/m1/s1. The minimum Gasteiger partial charge on any atom is -0.497 e. The van der Waals surface area contributed by atoms with Crippen molar-refractivity contribution in [1.29, 1.82) is 0 Å². The fraction of sp³-hybridized carbons (Fsp3) is 0.231. The molecule has 0 saturated heterocycles. The fourth-order valence-electron chi connectivity index (χ4n) is 3.52. The van der Waals surface area contributed by atoms with E-state index in [4.69, 9.17) is 27.9 Å². The van der Waals surface area contributed by atoms with Crippen LogP contribution in [0.3, 0.4) is 0 Å². The third kappa shape index (κ3) is 6.98. The SMILES string of the molecule is COc1ccc([C@H](C(=O)NCCc2ccccc2)N(Cc2ccc(Cl)cc2)C(=O)CCl)cc1. The van der Waals surface area contributed by atoms with Gasteiger partial charge in [-0.2, -0.15) is 0 Å². The van der Waals surface area contributed by atoms with E-state index in [0.717, 1.165) is 11.1 Å². The number of nitrogens with zero attached hydrogens (tertiary/aromatic N) is 1. The number of carbonyl (C=O) groups is 2. The normalized spacial score (nSPS) is 11.5. The molecule has 0 radical (unpaired) electrons. The average molecular weight is 485 g/mol. The van der Waals surface area contributed by atoms with E-state index in [2.05, 4.69) is 5.32 Å². The summed E-state index contributed by atoms with van der Waals surface area (Å²) in [4.78, 5) is 27.8. The van der Waals surface area contributed by atoms with Crippen LogP contribution in [-0.2, 0) is 22.6 Å². The Bertz CT molecular complexity index is 1040. The van der Waals surface area contributed by atoms with E-state index in [-0.39, 0.29) is 24.2 Å². The molecule has 0 bridgehead atoms. The van der Waals surface area contributed by atoms with Crippen molar-refractivity contribution in [3.05, 3.63) is 101 Å². The number of nitrogens with one attached hydrogen (secondary N) is 1. The minimum absolute atomic E-state index is 0.214. The van der Waals surface area contributed by atoms with E-state index in [9.17, 15) is 9.59 Å². The Morgan fingerprint density at radius 2 is 1.61 bits per heavy atom. The molecule has 3 aromatic rings. The molecule has 33 heavy (non-hydrogen) atoms. The summed E-state index contributed by atoms with van der Waals surface area (Å²) in [7, 11) is 1.58. The molecule has 1 atom stereocenters. The van der Waals surface area contributed by atoms with Crippen molar-refractivity contribution >= 4 is 35.0 Å². The van der Waals surface area contributed by atoms with Gasteiger partial charge in [0.05, 0.1) is 7.11 Å². The first-order valence-electron chi connectivity index (χ1n) is 10.6. The Morgan fingerprint density at radius 1 is 0.939 bits per heavy atom. The predicted octanol–water partition coefficient (Wildman–Crippen LogP) is 5.02. The zero-order valence-electron chi connectivity index (χ0n) is 18.3. The van der Waals surface area contributed by atoms with Crippen LogP contribution in [0.15, 0.2) is 78.9 Å². The Morgan fingerprint density at radius 3 is 2.21 bits per heavy atom. The second-order valence-electron chi connectivity index (χ2n) is 7.48. The monoisotopic (exact) mass is 484 g/mol. The van der Waals surface area contributed by atoms with Crippen molar-refractivity contribution in [3.63, 3.8) is 0 Å². The lowest BCUT2D eigenvalue weighted by Gasteiger charge is -2.31. The smallest absolute Gasteiger partial charge is 0.247 e. The molecule has 0 aliphatic carbocycles. The van der Waals surface area contributed by atoms with Crippen molar-refractivity contribution in [2.45, 2.75) is 19.0 Å². The van der Waals surface area contributed by atoms with Crippen LogP contribution >= 0.6 is 23.2 Å². The Kier molecular flexibility index (Phi) is 9.16. The molecule has 2 amide bonds. The number of halogens is 2. The molecule has 0 fully saturated rings. The number of amides is 2. The van der Waals surface area contributed by atoms with E-state index in [1.807, 2.05) is 42.5 Å². The van der Waals surface area contributed by atoms with Gasteiger partial charge in [-0.05, 0) is 47.4 Å². The van der Waals surface area contributed by atoms with Crippen LogP contribution in [0.4, 0.5) is 0 Å². The minimum atomic E-state index is -0.853. The highest BCUT2D eigenvalue weighted by Gasteiger charge is 2.31. The van der Waals surface area contributed by atoms with Crippen LogP contribution in [0.5, 0.6) is 5.75 Å². The molecule has 3 aromatic carbocycles. The zero-order chi connectivity index (χ0) is 23.6. The molecule has 1 N–H and O–H groups in total. The van der Waals surface area contributed by atoms with E-state index in [1.165, 1.54) is 4.90 Å². The lowest BCUT2D eigenvalue weighted by Crippen LogP contribution is -2.44. The largest absolute Gasteiger partial charge is 0.497 e. The number of rotatable bonds is 10. The van der Waals surface area contributed by atoms with Crippen molar-refractivity contribution < 1.29 is 14.3 Å². The maximum Gasteiger partial charge on any atom is 0.247 e. The van der Waals surface area contributed by atoms with Gasteiger partial charge in [-0.15, -0.1) is 11.6 Å². The number of carbonyl (C=O) groups excluding carboxylic acids is 2. The number of hydrogen-bond donors (Lipinski definition) is 1. The number of hydrogen-bond acceptors (Lipinski definition) is 3. The fourth-order valence-corrected chi connectivity index (χ4v) is 3.80. The highest BCUT2D eigenvalue weighted by molar-refractivity contribution is 6.30. The molecule has 0 aliphatic heterocycles. The second kappa shape index (κ2) is 12.3. The molecule has 3 rings (SSSR count). The van der Waals surface area contributed by atoms with Gasteiger partial charge in [0, 0.05) is 18.1 Å². The Balaban J connectivity index is 1.87. The third-order valence-corrected chi connectivity index (χ3v) is 5.73. The number of alkyl halides is 1. The molecule has 0 saturated carbocycles. The van der Waals surface area contributed by atoms with Gasteiger partial charge in [-0.3, -0.25) is 9.59 Å². The molecule has 0 spiro atoms. The summed E-state index contributed by atoms with van der Waals surface area (Å²) < 4.78 is 5.24. The van der Waals surface area contributed by atoms with Crippen LogP contribution in [0.1, 0.15) is 22.7 Å². The van der Waals surface area contributed by atoms with E-state index in [1.54, 1.807) is 43.5 Å². The zero-order valence-corrected chi connectivity index (χ0v) is 19.9. The van der Waals surface area contributed by atoms with E-state index >= 15 is 0 Å². The van der Waals surface area contributed by atoms with Crippen LogP contribution < -0.4 is 10.1 Å². The average Bonchev–Trinajstić information content (AvgIpc) is 2.85. The van der Waals surface area contributed by atoms with Gasteiger partial charge in [0.25, 0.3) is 0 Å². The first-order chi connectivity index (χ1) is 16.0. The van der Waals surface area contributed by atoms with Gasteiger partial charge in [0.1, 0.15) is 17.7 Å². The maximum atomic E-state index is 13.4. The van der Waals surface area contributed by atoms with E-state index in [0.29, 0.717) is 29.3 Å². The molecule has 0 heterocycles. The summed E-state index contributed by atoms with van der Waals surface area (Å²) in [5.41, 5.74) is 2.63. The highest BCUT2D eigenvalue weighted by Crippen LogP contribution is 2.26. The van der Waals surface area contributed by atoms with Crippen LogP contribution in [0.25, 0.3) is 0 Å². The summed E-state index contributed by atoms with van der Waals surface area (Å²) in [6.45, 7) is 0.658. The Labute approximate surface area is 204 Å². The molecule has 5 nitrogen and oxygen atoms in total. The van der Waals surface area contributed by atoms with Crippen molar-refractivity contribution in [2.24, 2.45) is 0 Å². The number of ether oxygens (including phenoxy) is 1.